The van der Waals surface area contributed by atoms with Crippen molar-refractivity contribution in [3.8, 4) is 0 Å². The number of halogens is 1. The van der Waals surface area contributed by atoms with E-state index in [-0.39, 0.29) is 11.7 Å². The van der Waals surface area contributed by atoms with E-state index in [1.807, 2.05) is 11.5 Å². The van der Waals surface area contributed by atoms with Gasteiger partial charge in [0.2, 0.25) is 0 Å². The summed E-state index contributed by atoms with van der Waals surface area (Å²) in [5.41, 5.74) is 2.05. The van der Waals surface area contributed by atoms with Crippen molar-refractivity contribution in [3.63, 3.8) is 0 Å². The summed E-state index contributed by atoms with van der Waals surface area (Å²) in [6.07, 6.45) is 3.81. The van der Waals surface area contributed by atoms with Gasteiger partial charge in [-0.2, -0.15) is 0 Å². The lowest BCUT2D eigenvalue weighted by Gasteiger charge is -2.11. The number of aromatic nitrogens is 4. The first-order chi connectivity index (χ1) is 12.1. The Morgan fingerprint density at radius 3 is 2.92 bits per heavy atom. The molecule has 0 atom stereocenters. The lowest BCUT2D eigenvalue weighted by molar-refractivity contribution is 0.0953. The highest BCUT2D eigenvalue weighted by Gasteiger charge is 2.27. The number of hydrogen-bond acceptors (Lipinski definition) is 4. The van der Waals surface area contributed by atoms with E-state index in [1.165, 1.54) is 12.1 Å². The summed E-state index contributed by atoms with van der Waals surface area (Å²) < 4.78 is 15.5. The van der Waals surface area contributed by atoms with Crippen molar-refractivity contribution in [1.82, 2.24) is 25.1 Å². The Morgan fingerprint density at radius 2 is 2.20 bits per heavy atom. The fourth-order valence-corrected chi connectivity index (χ4v) is 2.91. The predicted molar refractivity (Wildman–Crippen MR) is 90.8 cm³/mol. The number of fused-ring (bicyclic) bond motifs is 1. The molecule has 0 bridgehead atoms. The molecule has 1 N–H and O–H groups in total. The number of carbonyl (C=O) groups is 1. The summed E-state index contributed by atoms with van der Waals surface area (Å²) in [6, 6.07) is 6.19. The third-order valence-electron chi connectivity index (χ3n) is 4.48. The Balaban J connectivity index is 1.59. The van der Waals surface area contributed by atoms with E-state index in [1.54, 1.807) is 18.5 Å². The molecule has 0 radical (unpaired) electrons. The van der Waals surface area contributed by atoms with E-state index in [9.17, 15) is 9.18 Å². The molecule has 2 aromatic heterocycles. The fraction of sp³-hybridized carbons (Fsp3) is 0.333. The summed E-state index contributed by atoms with van der Waals surface area (Å²) in [5, 5.41) is 11.2. The van der Waals surface area contributed by atoms with E-state index in [0.717, 1.165) is 24.4 Å². The summed E-state index contributed by atoms with van der Waals surface area (Å²) in [7, 11) is 0. The molecule has 0 aliphatic heterocycles. The van der Waals surface area contributed by atoms with Crippen molar-refractivity contribution in [3.05, 3.63) is 53.5 Å². The van der Waals surface area contributed by atoms with Gasteiger partial charge in [0, 0.05) is 30.1 Å². The van der Waals surface area contributed by atoms with Gasteiger partial charge in [0.15, 0.2) is 0 Å². The molecule has 1 fully saturated rings. The third kappa shape index (κ3) is 3.22. The van der Waals surface area contributed by atoms with Crippen molar-refractivity contribution in [1.29, 1.82) is 0 Å². The first kappa shape index (κ1) is 15.7. The molecule has 1 saturated carbocycles. The lowest BCUT2D eigenvalue weighted by atomic mass is 10.1. The van der Waals surface area contributed by atoms with E-state index in [0.29, 0.717) is 35.5 Å². The number of nitrogens with zero attached hydrogens (tertiary/aromatic N) is 4. The van der Waals surface area contributed by atoms with Crippen LogP contribution in [-0.2, 0) is 6.54 Å². The van der Waals surface area contributed by atoms with Crippen LogP contribution in [0.15, 0.2) is 30.6 Å². The smallest absolute Gasteiger partial charge is 0.252 e. The summed E-state index contributed by atoms with van der Waals surface area (Å²) in [5.74, 6) is 0.621. The average molecular weight is 339 g/mol. The van der Waals surface area contributed by atoms with Crippen LogP contribution in [0.2, 0.25) is 0 Å². The van der Waals surface area contributed by atoms with Gasteiger partial charge in [-0.05, 0) is 44.0 Å². The fourth-order valence-electron chi connectivity index (χ4n) is 2.91. The molecule has 4 rings (SSSR count). The number of carbonyl (C=O) groups excluding carboxylic acids is 1. The normalized spacial score (nSPS) is 14.0. The van der Waals surface area contributed by atoms with Crippen LogP contribution < -0.4 is 5.32 Å². The Hall–Kier alpha value is -2.83. The highest BCUT2D eigenvalue weighted by atomic mass is 19.1. The quantitative estimate of drug-likeness (QED) is 0.775. The zero-order chi connectivity index (χ0) is 17.4. The second-order valence-electron chi connectivity index (χ2n) is 6.36. The van der Waals surface area contributed by atoms with Gasteiger partial charge in [-0.15, -0.1) is 10.2 Å². The number of amides is 1. The zero-order valence-corrected chi connectivity index (χ0v) is 13.9. The van der Waals surface area contributed by atoms with Crippen LogP contribution in [-0.4, -0.2) is 32.2 Å². The van der Waals surface area contributed by atoms with Crippen LogP contribution in [0.5, 0.6) is 0 Å². The molecular weight excluding hydrogens is 321 g/mol. The molecule has 0 spiro atoms. The van der Waals surface area contributed by atoms with E-state index >= 15 is 0 Å². The van der Waals surface area contributed by atoms with Gasteiger partial charge in [-0.25, -0.2) is 4.39 Å². The molecule has 2 heterocycles. The van der Waals surface area contributed by atoms with Gasteiger partial charge < -0.3 is 9.88 Å². The van der Waals surface area contributed by atoms with Gasteiger partial charge in [0.25, 0.3) is 5.91 Å². The van der Waals surface area contributed by atoms with Gasteiger partial charge >= 0.3 is 0 Å². The molecule has 0 saturated heterocycles. The minimum Gasteiger partial charge on any atom is -0.350 e. The molecule has 1 aliphatic carbocycles. The molecular formula is C18H18FN5O. The number of benzene rings is 1. The van der Waals surface area contributed by atoms with Gasteiger partial charge in [0.05, 0.1) is 11.1 Å². The molecule has 3 aromatic rings. The second kappa shape index (κ2) is 6.23. The van der Waals surface area contributed by atoms with Crippen molar-refractivity contribution in [2.24, 2.45) is 0 Å². The standard InChI is InChI=1S/C18H18FN5O/c1-11-23-21-10-24(11)7-6-20-18(25)15-9-17(12-2-3-12)22-16-5-4-13(19)8-14(15)16/h4-5,8-10,12H,2-3,6-7H2,1H3,(H,20,25). The monoisotopic (exact) mass is 339 g/mol. The molecule has 7 heteroatoms. The summed E-state index contributed by atoms with van der Waals surface area (Å²) in [6.45, 7) is 2.88. The molecule has 0 unspecified atom stereocenters. The Kier molecular flexibility index (Phi) is 3.91. The zero-order valence-electron chi connectivity index (χ0n) is 13.9. The molecule has 1 aliphatic rings. The summed E-state index contributed by atoms with van der Waals surface area (Å²) >= 11 is 0. The first-order valence-corrected chi connectivity index (χ1v) is 8.34. The Labute approximate surface area is 144 Å². The maximum absolute atomic E-state index is 13.7. The first-order valence-electron chi connectivity index (χ1n) is 8.34. The highest BCUT2D eigenvalue weighted by molar-refractivity contribution is 6.06. The predicted octanol–water partition coefficient (Wildman–Crippen LogP) is 2.58. The van der Waals surface area contributed by atoms with Crippen molar-refractivity contribution >= 4 is 16.8 Å². The van der Waals surface area contributed by atoms with Crippen molar-refractivity contribution < 1.29 is 9.18 Å². The van der Waals surface area contributed by atoms with Gasteiger partial charge in [-0.3, -0.25) is 9.78 Å². The van der Waals surface area contributed by atoms with Crippen LogP contribution in [0.3, 0.4) is 0 Å². The third-order valence-corrected chi connectivity index (χ3v) is 4.48. The SMILES string of the molecule is Cc1nncn1CCNC(=O)c1cc(C2CC2)nc2ccc(F)cc12. The lowest BCUT2D eigenvalue weighted by Crippen LogP contribution is -2.27. The maximum Gasteiger partial charge on any atom is 0.252 e. The topological polar surface area (TPSA) is 72.7 Å². The molecule has 1 aromatic carbocycles. The van der Waals surface area contributed by atoms with E-state index in [2.05, 4.69) is 20.5 Å². The number of hydrogen-bond donors (Lipinski definition) is 1. The Bertz CT molecular complexity index is 948. The summed E-state index contributed by atoms with van der Waals surface area (Å²) in [4.78, 5) is 17.3. The van der Waals surface area contributed by atoms with Crippen LogP contribution in [0, 0.1) is 12.7 Å². The van der Waals surface area contributed by atoms with E-state index < -0.39 is 0 Å². The number of rotatable bonds is 5. The minimum atomic E-state index is -0.373. The van der Waals surface area contributed by atoms with E-state index in [4.69, 9.17) is 0 Å². The van der Waals surface area contributed by atoms with Gasteiger partial charge in [0.1, 0.15) is 18.0 Å². The van der Waals surface area contributed by atoms with Crippen LogP contribution in [0.1, 0.15) is 40.6 Å². The number of pyridine rings is 1. The Morgan fingerprint density at radius 1 is 1.36 bits per heavy atom. The van der Waals surface area contributed by atoms with Crippen LogP contribution in [0.25, 0.3) is 10.9 Å². The van der Waals surface area contributed by atoms with Gasteiger partial charge in [-0.1, -0.05) is 0 Å². The van der Waals surface area contributed by atoms with Crippen molar-refractivity contribution in [2.45, 2.75) is 32.2 Å². The maximum atomic E-state index is 13.7. The minimum absolute atomic E-state index is 0.217. The van der Waals surface area contributed by atoms with Crippen LogP contribution >= 0.6 is 0 Å². The second-order valence-corrected chi connectivity index (χ2v) is 6.36. The largest absolute Gasteiger partial charge is 0.350 e. The molecule has 128 valence electrons. The number of nitrogens with one attached hydrogen (secondary N) is 1. The average Bonchev–Trinajstić information content (AvgIpc) is 3.37. The number of aryl methyl sites for hydroxylation is 1. The molecule has 1 amide bonds. The highest BCUT2D eigenvalue weighted by Crippen LogP contribution is 2.40. The molecule has 25 heavy (non-hydrogen) atoms. The molecule has 6 nitrogen and oxygen atoms in total. The van der Waals surface area contributed by atoms with Crippen molar-refractivity contribution in [2.75, 3.05) is 6.54 Å². The van der Waals surface area contributed by atoms with Crippen LogP contribution in [0.4, 0.5) is 4.39 Å².